The smallest absolute Gasteiger partial charge is 0.214 e. The van der Waals surface area contributed by atoms with Crippen molar-refractivity contribution < 1.29 is 8.42 Å². The first-order valence-corrected chi connectivity index (χ1v) is 9.46. The van der Waals surface area contributed by atoms with E-state index in [0.29, 0.717) is 38.6 Å². The average molecular weight is 471 g/mol. The Morgan fingerprint density at radius 2 is 2.04 bits per heavy atom. The number of hydrogen-bond acceptors (Lipinski definition) is 5. The van der Waals surface area contributed by atoms with Crippen molar-refractivity contribution >= 4 is 40.0 Å². The number of halogens is 1. The van der Waals surface area contributed by atoms with Crippen molar-refractivity contribution in [3.63, 3.8) is 0 Å². The number of aromatic nitrogens is 3. The summed E-state index contributed by atoms with van der Waals surface area (Å²) in [4.78, 5) is 4.14. The molecule has 2 N–H and O–H groups in total. The molecule has 138 valence electrons. The van der Waals surface area contributed by atoms with Crippen molar-refractivity contribution in [3.8, 4) is 0 Å². The van der Waals surface area contributed by atoms with Crippen LogP contribution in [0.3, 0.4) is 0 Å². The Hall–Kier alpha value is -0.950. The first-order chi connectivity index (χ1) is 11.1. The lowest BCUT2D eigenvalue weighted by Crippen LogP contribution is -2.42. The molecule has 1 aromatic heterocycles. The fraction of sp³-hybridized carbons (Fsp3) is 0.769. The van der Waals surface area contributed by atoms with Gasteiger partial charge in [-0.05, 0) is 6.42 Å². The first-order valence-electron chi connectivity index (χ1n) is 7.86. The first kappa shape index (κ1) is 21.1. The molecule has 0 aromatic carbocycles. The van der Waals surface area contributed by atoms with Crippen molar-refractivity contribution in [2.24, 2.45) is 4.99 Å². The van der Waals surface area contributed by atoms with Crippen LogP contribution in [0.2, 0.25) is 0 Å². The Balaban J connectivity index is 0.00000288. The lowest BCUT2D eigenvalue weighted by Gasteiger charge is -2.16. The third kappa shape index (κ3) is 5.84. The summed E-state index contributed by atoms with van der Waals surface area (Å²) < 4.78 is 26.9. The summed E-state index contributed by atoms with van der Waals surface area (Å²) in [6.07, 6.45) is 3.28. The highest BCUT2D eigenvalue weighted by Crippen LogP contribution is 2.11. The summed E-state index contributed by atoms with van der Waals surface area (Å²) in [7, 11) is -1.34. The van der Waals surface area contributed by atoms with Gasteiger partial charge in [-0.1, -0.05) is 6.92 Å². The second kappa shape index (κ2) is 10.1. The molecule has 0 amide bonds. The van der Waals surface area contributed by atoms with E-state index in [2.05, 4.69) is 25.8 Å². The SMILES string of the molecule is CCc1nncn1CCNC(=NC)NCCN1CCCS1(=O)=O.I. The second-order valence-electron chi connectivity index (χ2n) is 5.29. The minimum atomic E-state index is -3.03. The Kier molecular flexibility index (Phi) is 8.91. The maximum Gasteiger partial charge on any atom is 0.214 e. The second-order valence-corrected chi connectivity index (χ2v) is 7.38. The molecule has 0 radical (unpaired) electrons. The molecule has 1 saturated heterocycles. The van der Waals surface area contributed by atoms with Crippen molar-refractivity contribution in [1.82, 2.24) is 29.7 Å². The van der Waals surface area contributed by atoms with E-state index in [1.807, 2.05) is 11.5 Å². The summed E-state index contributed by atoms with van der Waals surface area (Å²) in [5.74, 6) is 1.88. The number of aliphatic imine (C=N–C) groups is 1. The number of aryl methyl sites for hydroxylation is 1. The summed E-state index contributed by atoms with van der Waals surface area (Å²) in [6, 6.07) is 0. The number of hydrogen-bond donors (Lipinski definition) is 2. The van der Waals surface area contributed by atoms with Crippen molar-refractivity contribution in [2.45, 2.75) is 26.3 Å². The standard InChI is InChI=1S/C13H25N7O2S.HI/c1-3-12-18-17-11-19(12)8-5-15-13(14-2)16-6-9-20-7-4-10-23(20,21)22;/h11H,3-10H2,1-2H3,(H2,14,15,16);1H. The van der Waals surface area contributed by atoms with E-state index in [-0.39, 0.29) is 29.7 Å². The lowest BCUT2D eigenvalue weighted by molar-refractivity contribution is 0.445. The molecular formula is C13H26IN7O2S. The molecule has 0 saturated carbocycles. The van der Waals surface area contributed by atoms with Gasteiger partial charge in [0.15, 0.2) is 5.96 Å². The van der Waals surface area contributed by atoms with E-state index < -0.39 is 10.0 Å². The van der Waals surface area contributed by atoms with Crippen LogP contribution in [0.5, 0.6) is 0 Å². The van der Waals surface area contributed by atoms with E-state index in [9.17, 15) is 8.42 Å². The number of sulfonamides is 1. The molecule has 2 rings (SSSR count). The van der Waals surface area contributed by atoms with Gasteiger partial charge >= 0.3 is 0 Å². The zero-order valence-corrected chi connectivity index (χ0v) is 17.3. The maximum absolute atomic E-state index is 11.7. The van der Waals surface area contributed by atoms with E-state index in [0.717, 1.165) is 18.8 Å². The predicted octanol–water partition coefficient (Wildman–Crippen LogP) is -0.341. The summed E-state index contributed by atoms with van der Waals surface area (Å²) in [5, 5.41) is 14.3. The molecule has 0 unspecified atom stereocenters. The molecule has 0 aliphatic carbocycles. The van der Waals surface area contributed by atoms with Gasteiger partial charge in [-0.25, -0.2) is 12.7 Å². The highest BCUT2D eigenvalue weighted by Gasteiger charge is 2.27. The average Bonchev–Trinajstić information content (AvgIpc) is 3.11. The summed E-state index contributed by atoms with van der Waals surface area (Å²) >= 11 is 0. The van der Waals surface area contributed by atoms with Crippen LogP contribution in [-0.2, 0) is 23.0 Å². The van der Waals surface area contributed by atoms with Crippen LogP contribution in [-0.4, -0.2) is 72.4 Å². The van der Waals surface area contributed by atoms with E-state index in [1.54, 1.807) is 13.4 Å². The zero-order valence-electron chi connectivity index (χ0n) is 14.1. The lowest BCUT2D eigenvalue weighted by atomic mass is 10.4. The number of nitrogens with one attached hydrogen (secondary N) is 2. The van der Waals surface area contributed by atoms with Gasteiger partial charge < -0.3 is 15.2 Å². The van der Waals surface area contributed by atoms with E-state index in [4.69, 9.17) is 0 Å². The van der Waals surface area contributed by atoms with Crippen LogP contribution >= 0.6 is 24.0 Å². The molecule has 1 aliphatic rings. The molecule has 2 heterocycles. The zero-order chi connectivity index (χ0) is 16.7. The van der Waals surface area contributed by atoms with Crippen LogP contribution in [0.1, 0.15) is 19.2 Å². The van der Waals surface area contributed by atoms with Gasteiger partial charge in [0.05, 0.1) is 5.75 Å². The van der Waals surface area contributed by atoms with Crippen LogP contribution in [0, 0.1) is 0 Å². The van der Waals surface area contributed by atoms with Crippen LogP contribution < -0.4 is 10.6 Å². The molecule has 1 fully saturated rings. The molecule has 0 bridgehead atoms. The van der Waals surface area contributed by atoms with Gasteiger partial charge in [-0.3, -0.25) is 4.99 Å². The topological polar surface area (TPSA) is 105 Å². The molecule has 1 aliphatic heterocycles. The Labute approximate surface area is 160 Å². The van der Waals surface area contributed by atoms with E-state index >= 15 is 0 Å². The van der Waals surface area contributed by atoms with Crippen molar-refractivity contribution in [3.05, 3.63) is 12.2 Å². The highest BCUT2D eigenvalue weighted by molar-refractivity contribution is 14.0. The van der Waals surface area contributed by atoms with Gasteiger partial charge in [0.1, 0.15) is 12.2 Å². The molecule has 11 heteroatoms. The van der Waals surface area contributed by atoms with E-state index in [1.165, 1.54) is 4.31 Å². The third-order valence-electron chi connectivity index (χ3n) is 3.74. The summed E-state index contributed by atoms with van der Waals surface area (Å²) in [5.41, 5.74) is 0. The van der Waals surface area contributed by atoms with Gasteiger partial charge in [-0.2, -0.15) is 0 Å². The quantitative estimate of drug-likeness (QED) is 0.321. The van der Waals surface area contributed by atoms with Crippen LogP contribution in [0.15, 0.2) is 11.3 Å². The van der Waals surface area contributed by atoms with Crippen molar-refractivity contribution in [1.29, 1.82) is 0 Å². The largest absolute Gasteiger partial charge is 0.355 e. The molecular weight excluding hydrogens is 445 g/mol. The summed E-state index contributed by atoms with van der Waals surface area (Å²) in [6.45, 7) is 5.09. The molecule has 9 nitrogen and oxygen atoms in total. The molecule has 1 aromatic rings. The Morgan fingerprint density at radius 3 is 2.62 bits per heavy atom. The monoisotopic (exact) mass is 471 g/mol. The maximum atomic E-state index is 11.7. The number of guanidine groups is 1. The minimum absolute atomic E-state index is 0. The minimum Gasteiger partial charge on any atom is -0.355 e. The van der Waals surface area contributed by atoms with Crippen molar-refractivity contribution in [2.75, 3.05) is 39.0 Å². The third-order valence-corrected chi connectivity index (χ3v) is 5.69. The van der Waals surface area contributed by atoms with Gasteiger partial charge in [0.2, 0.25) is 10.0 Å². The fourth-order valence-electron chi connectivity index (χ4n) is 2.50. The highest BCUT2D eigenvalue weighted by atomic mass is 127. The predicted molar refractivity (Wildman–Crippen MR) is 104 cm³/mol. The fourth-order valence-corrected chi connectivity index (χ4v) is 4.03. The van der Waals surface area contributed by atoms with Gasteiger partial charge in [0.25, 0.3) is 0 Å². The Bertz CT molecular complexity index is 632. The normalized spacial score (nSPS) is 17.5. The van der Waals surface area contributed by atoms with Crippen LogP contribution in [0.25, 0.3) is 0 Å². The molecule has 24 heavy (non-hydrogen) atoms. The molecule has 0 spiro atoms. The van der Waals surface area contributed by atoms with Crippen LogP contribution in [0.4, 0.5) is 0 Å². The van der Waals surface area contributed by atoms with Gasteiger partial charge in [0, 0.05) is 46.2 Å². The number of nitrogens with zero attached hydrogens (tertiary/aromatic N) is 5. The van der Waals surface area contributed by atoms with Gasteiger partial charge in [-0.15, -0.1) is 34.2 Å². The number of rotatable bonds is 7. The molecule has 0 atom stereocenters. The Morgan fingerprint density at radius 1 is 1.33 bits per heavy atom.